The van der Waals surface area contributed by atoms with Gasteiger partial charge >= 0.3 is 0 Å². The molecule has 1 fully saturated rings. The van der Waals surface area contributed by atoms with Crippen LogP contribution in [0.3, 0.4) is 0 Å². The SMILES string of the molecule is CC1CCCC(NC(=O)c2cccc(N)c2Br)C1C. The molecule has 2 rings (SSSR count). The highest BCUT2D eigenvalue weighted by atomic mass is 79.9. The minimum atomic E-state index is -0.0369. The van der Waals surface area contributed by atoms with E-state index >= 15 is 0 Å². The Kier molecular flexibility index (Phi) is 4.50. The van der Waals surface area contributed by atoms with Crippen LogP contribution in [0, 0.1) is 11.8 Å². The molecule has 0 aromatic heterocycles. The number of nitrogen functional groups attached to an aromatic ring is 1. The van der Waals surface area contributed by atoms with Gasteiger partial charge in [0.05, 0.1) is 10.0 Å². The quantitative estimate of drug-likeness (QED) is 0.817. The van der Waals surface area contributed by atoms with Gasteiger partial charge in [-0.2, -0.15) is 0 Å². The molecule has 1 saturated carbocycles. The molecule has 1 aliphatic rings. The average Bonchev–Trinajstić information content (AvgIpc) is 2.38. The van der Waals surface area contributed by atoms with Gasteiger partial charge in [0.15, 0.2) is 0 Å². The summed E-state index contributed by atoms with van der Waals surface area (Å²) in [6.07, 6.45) is 3.52. The van der Waals surface area contributed by atoms with Crippen LogP contribution in [0.4, 0.5) is 5.69 Å². The van der Waals surface area contributed by atoms with Crippen molar-refractivity contribution in [3.8, 4) is 0 Å². The highest BCUT2D eigenvalue weighted by Crippen LogP contribution is 2.30. The molecule has 3 nitrogen and oxygen atoms in total. The molecule has 3 unspecified atom stereocenters. The van der Waals surface area contributed by atoms with Gasteiger partial charge < -0.3 is 11.1 Å². The lowest BCUT2D eigenvalue weighted by atomic mass is 9.78. The lowest BCUT2D eigenvalue weighted by molar-refractivity contribution is 0.0890. The number of carbonyl (C=O) groups excluding carboxylic acids is 1. The van der Waals surface area contributed by atoms with E-state index in [0.29, 0.717) is 27.6 Å². The van der Waals surface area contributed by atoms with E-state index in [9.17, 15) is 4.79 Å². The van der Waals surface area contributed by atoms with E-state index in [0.717, 1.165) is 6.42 Å². The summed E-state index contributed by atoms with van der Waals surface area (Å²) in [5.74, 6) is 1.16. The summed E-state index contributed by atoms with van der Waals surface area (Å²) >= 11 is 3.39. The van der Waals surface area contributed by atoms with Crippen LogP contribution in [0.15, 0.2) is 22.7 Å². The standard InChI is InChI=1S/C15H21BrN2O/c1-9-5-3-8-13(10(9)2)18-15(19)11-6-4-7-12(17)14(11)16/h4,6-7,9-10,13H,3,5,8,17H2,1-2H3,(H,18,19). The predicted octanol–water partition coefficient (Wildman–Crippen LogP) is 3.59. The van der Waals surface area contributed by atoms with Crippen molar-refractivity contribution in [2.45, 2.75) is 39.2 Å². The minimum absolute atomic E-state index is 0.0369. The molecule has 104 valence electrons. The normalized spacial score (nSPS) is 27.0. The molecule has 4 heteroatoms. The van der Waals surface area contributed by atoms with Crippen LogP contribution in [0.1, 0.15) is 43.5 Å². The Morgan fingerprint density at radius 1 is 1.37 bits per heavy atom. The van der Waals surface area contributed by atoms with Gasteiger partial charge in [-0.05, 0) is 46.3 Å². The Bertz CT molecular complexity index is 475. The molecule has 1 aliphatic carbocycles. The van der Waals surface area contributed by atoms with Crippen LogP contribution in [0.25, 0.3) is 0 Å². The van der Waals surface area contributed by atoms with Crippen molar-refractivity contribution >= 4 is 27.5 Å². The third kappa shape index (κ3) is 3.11. The van der Waals surface area contributed by atoms with E-state index in [1.807, 2.05) is 6.07 Å². The highest BCUT2D eigenvalue weighted by Gasteiger charge is 2.28. The predicted molar refractivity (Wildman–Crippen MR) is 82.0 cm³/mol. The van der Waals surface area contributed by atoms with Gasteiger partial charge in [0.25, 0.3) is 5.91 Å². The number of anilines is 1. The Morgan fingerprint density at radius 2 is 2.11 bits per heavy atom. The zero-order chi connectivity index (χ0) is 14.0. The smallest absolute Gasteiger partial charge is 0.252 e. The Balaban J connectivity index is 2.10. The number of benzene rings is 1. The summed E-state index contributed by atoms with van der Waals surface area (Å²) in [7, 11) is 0. The average molecular weight is 325 g/mol. The second-order valence-corrected chi connectivity index (χ2v) is 6.35. The largest absolute Gasteiger partial charge is 0.398 e. The maximum Gasteiger partial charge on any atom is 0.252 e. The number of nitrogens with one attached hydrogen (secondary N) is 1. The van der Waals surface area contributed by atoms with E-state index in [1.54, 1.807) is 12.1 Å². The molecule has 19 heavy (non-hydrogen) atoms. The second kappa shape index (κ2) is 5.95. The van der Waals surface area contributed by atoms with Crippen molar-refractivity contribution in [1.82, 2.24) is 5.32 Å². The zero-order valence-electron chi connectivity index (χ0n) is 11.4. The fraction of sp³-hybridized carbons (Fsp3) is 0.533. The fourth-order valence-corrected chi connectivity index (χ4v) is 3.20. The number of nitrogens with two attached hydrogens (primary N) is 1. The lowest BCUT2D eigenvalue weighted by Crippen LogP contribution is -2.43. The van der Waals surface area contributed by atoms with Crippen LogP contribution in [0.5, 0.6) is 0 Å². The number of hydrogen-bond acceptors (Lipinski definition) is 2. The van der Waals surface area contributed by atoms with Crippen LogP contribution in [-0.4, -0.2) is 11.9 Å². The van der Waals surface area contributed by atoms with Crippen LogP contribution in [0.2, 0.25) is 0 Å². The van der Waals surface area contributed by atoms with Gasteiger partial charge in [0.1, 0.15) is 0 Å². The van der Waals surface area contributed by atoms with Gasteiger partial charge in [0, 0.05) is 11.7 Å². The maximum atomic E-state index is 12.3. The first-order valence-corrected chi connectivity index (χ1v) is 7.65. The highest BCUT2D eigenvalue weighted by molar-refractivity contribution is 9.10. The van der Waals surface area contributed by atoms with Gasteiger partial charge in [-0.3, -0.25) is 4.79 Å². The second-order valence-electron chi connectivity index (χ2n) is 5.56. The van der Waals surface area contributed by atoms with Crippen molar-refractivity contribution in [2.75, 3.05) is 5.73 Å². The lowest BCUT2D eigenvalue weighted by Gasteiger charge is -2.34. The monoisotopic (exact) mass is 324 g/mol. The molecule has 1 aromatic rings. The molecular weight excluding hydrogens is 304 g/mol. The molecule has 0 radical (unpaired) electrons. The zero-order valence-corrected chi connectivity index (χ0v) is 13.0. The van der Waals surface area contributed by atoms with Gasteiger partial charge in [-0.1, -0.05) is 32.8 Å². The molecule has 0 saturated heterocycles. The van der Waals surface area contributed by atoms with Crippen molar-refractivity contribution in [3.63, 3.8) is 0 Å². The molecule has 3 N–H and O–H groups in total. The van der Waals surface area contributed by atoms with Crippen molar-refractivity contribution in [1.29, 1.82) is 0 Å². The summed E-state index contributed by atoms with van der Waals surface area (Å²) in [6.45, 7) is 4.49. The molecule has 0 bridgehead atoms. The topological polar surface area (TPSA) is 55.1 Å². The molecule has 0 spiro atoms. The van der Waals surface area contributed by atoms with Gasteiger partial charge in [-0.25, -0.2) is 0 Å². The molecular formula is C15H21BrN2O. The molecule has 0 heterocycles. The summed E-state index contributed by atoms with van der Waals surface area (Å²) in [6, 6.07) is 5.66. The Labute approximate surface area is 123 Å². The van der Waals surface area contributed by atoms with Crippen molar-refractivity contribution < 1.29 is 4.79 Å². The first-order valence-electron chi connectivity index (χ1n) is 6.85. The number of halogens is 1. The number of carbonyl (C=O) groups is 1. The van der Waals surface area contributed by atoms with Crippen molar-refractivity contribution in [2.24, 2.45) is 11.8 Å². The first-order chi connectivity index (χ1) is 9.00. The van der Waals surface area contributed by atoms with Crippen LogP contribution < -0.4 is 11.1 Å². The summed E-state index contributed by atoms with van der Waals surface area (Å²) in [4.78, 5) is 12.3. The van der Waals surface area contributed by atoms with Crippen LogP contribution >= 0.6 is 15.9 Å². The number of amides is 1. The van der Waals surface area contributed by atoms with Gasteiger partial charge in [0.2, 0.25) is 0 Å². The van der Waals surface area contributed by atoms with E-state index in [-0.39, 0.29) is 11.9 Å². The Hall–Kier alpha value is -1.03. The minimum Gasteiger partial charge on any atom is -0.398 e. The number of hydrogen-bond donors (Lipinski definition) is 2. The summed E-state index contributed by atoms with van der Waals surface area (Å²) in [5, 5.41) is 3.16. The summed E-state index contributed by atoms with van der Waals surface area (Å²) in [5.41, 5.74) is 7.03. The van der Waals surface area contributed by atoms with E-state index in [2.05, 4.69) is 35.1 Å². The molecule has 1 aromatic carbocycles. The maximum absolute atomic E-state index is 12.3. The third-order valence-electron chi connectivity index (χ3n) is 4.30. The van der Waals surface area contributed by atoms with E-state index in [1.165, 1.54) is 12.8 Å². The molecule has 3 atom stereocenters. The van der Waals surface area contributed by atoms with Crippen LogP contribution in [-0.2, 0) is 0 Å². The Morgan fingerprint density at radius 3 is 2.84 bits per heavy atom. The third-order valence-corrected chi connectivity index (χ3v) is 5.18. The first kappa shape index (κ1) is 14.4. The molecule has 1 amide bonds. The van der Waals surface area contributed by atoms with Crippen molar-refractivity contribution in [3.05, 3.63) is 28.2 Å². The summed E-state index contributed by atoms with van der Waals surface area (Å²) < 4.78 is 0.684. The fourth-order valence-electron chi connectivity index (χ4n) is 2.76. The number of rotatable bonds is 2. The van der Waals surface area contributed by atoms with E-state index in [4.69, 9.17) is 5.73 Å². The van der Waals surface area contributed by atoms with E-state index < -0.39 is 0 Å². The molecule has 0 aliphatic heterocycles. The van der Waals surface area contributed by atoms with Gasteiger partial charge in [-0.15, -0.1) is 0 Å².